The third-order valence-electron chi connectivity index (χ3n) is 4.35. The average Bonchev–Trinajstić information content (AvgIpc) is 3.01. The number of carbonyl (C=O) groups excluding carboxylic acids is 2. The van der Waals surface area contributed by atoms with Crippen LogP contribution in [0.3, 0.4) is 0 Å². The molecule has 0 radical (unpaired) electrons. The van der Waals surface area contributed by atoms with Crippen LogP contribution in [0.4, 0.5) is 18.9 Å². The van der Waals surface area contributed by atoms with E-state index < -0.39 is 23.4 Å². The Balaban J connectivity index is 1.89. The molecule has 1 amide bonds. The third kappa shape index (κ3) is 4.17. The number of ether oxygens (including phenoxy) is 1. The van der Waals surface area contributed by atoms with E-state index in [-0.39, 0.29) is 28.3 Å². The number of ketones is 1. The number of carbonyl (C=O) groups is 2. The number of pyridine rings is 1. The van der Waals surface area contributed by atoms with Gasteiger partial charge in [-0.2, -0.15) is 18.3 Å². The van der Waals surface area contributed by atoms with Gasteiger partial charge in [0.1, 0.15) is 0 Å². The number of aromatic nitrogens is 3. The summed E-state index contributed by atoms with van der Waals surface area (Å²) >= 11 is 0. The van der Waals surface area contributed by atoms with Crippen LogP contribution in [0.2, 0.25) is 0 Å². The zero-order chi connectivity index (χ0) is 22.1. The summed E-state index contributed by atoms with van der Waals surface area (Å²) in [7, 11) is 1.44. The fraction of sp³-hybridized carbons (Fsp3) is 0.200. The average molecular weight is 418 g/mol. The molecule has 0 saturated heterocycles. The van der Waals surface area contributed by atoms with Crippen LogP contribution >= 0.6 is 0 Å². The summed E-state index contributed by atoms with van der Waals surface area (Å²) in [5, 5.41) is 6.59. The summed E-state index contributed by atoms with van der Waals surface area (Å²) in [6.45, 7) is 3.02. The molecule has 0 aliphatic rings. The van der Waals surface area contributed by atoms with Gasteiger partial charge in [0.2, 0.25) is 5.88 Å². The molecule has 3 rings (SSSR count). The number of hydrogen-bond donors (Lipinski definition) is 1. The van der Waals surface area contributed by atoms with Gasteiger partial charge in [0.05, 0.1) is 47.2 Å². The molecule has 1 N–H and O–H groups in total. The lowest BCUT2D eigenvalue weighted by Gasteiger charge is -2.10. The lowest BCUT2D eigenvalue weighted by molar-refractivity contribution is -0.137. The van der Waals surface area contributed by atoms with Crippen LogP contribution in [-0.4, -0.2) is 33.6 Å². The van der Waals surface area contributed by atoms with Crippen LogP contribution in [0.1, 0.15) is 27.3 Å². The van der Waals surface area contributed by atoms with Crippen LogP contribution in [0.5, 0.6) is 5.88 Å². The zero-order valence-corrected chi connectivity index (χ0v) is 16.2. The molecule has 10 heteroatoms. The Labute approximate surface area is 169 Å². The first kappa shape index (κ1) is 21.0. The Morgan fingerprint density at radius 1 is 1.13 bits per heavy atom. The second-order valence-corrected chi connectivity index (χ2v) is 6.38. The van der Waals surface area contributed by atoms with Crippen molar-refractivity contribution >= 4 is 17.4 Å². The lowest BCUT2D eigenvalue weighted by Crippen LogP contribution is -2.24. The highest BCUT2D eigenvalue weighted by molar-refractivity contribution is 6.47. The van der Waals surface area contributed by atoms with Crippen LogP contribution in [0.25, 0.3) is 5.69 Å². The lowest BCUT2D eigenvalue weighted by atomic mass is 10.1. The van der Waals surface area contributed by atoms with E-state index in [0.717, 1.165) is 12.1 Å². The van der Waals surface area contributed by atoms with Gasteiger partial charge in [-0.25, -0.2) is 9.67 Å². The quantitative estimate of drug-likeness (QED) is 0.504. The van der Waals surface area contributed by atoms with Crippen molar-refractivity contribution in [3.05, 3.63) is 65.1 Å². The number of alkyl halides is 3. The molecule has 0 aliphatic heterocycles. The van der Waals surface area contributed by atoms with Gasteiger partial charge in [-0.15, -0.1) is 0 Å². The van der Waals surface area contributed by atoms with Crippen molar-refractivity contribution in [1.82, 2.24) is 14.8 Å². The minimum Gasteiger partial charge on any atom is -0.481 e. The predicted molar refractivity (Wildman–Crippen MR) is 102 cm³/mol. The molecule has 0 saturated carbocycles. The number of halogens is 3. The van der Waals surface area contributed by atoms with E-state index in [1.54, 1.807) is 0 Å². The summed E-state index contributed by atoms with van der Waals surface area (Å²) in [5.74, 6) is -1.44. The van der Waals surface area contributed by atoms with Crippen molar-refractivity contribution < 1.29 is 27.5 Å². The molecular weight excluding hydrogens is 401 g/mol. The zero-order valence-electron chi connectivity index (χ0n) is 16.2. The number of hydrogen-bond acceptors (Lipinski definition) is 5. The fourth-order valence-electron chi connectivity index (χ4n) is 2.91. The maximum atomic E-state index is 13.0. The molecule has 0 spiro atoms. The van der Waals surface area contributed by atoms with Crippen molar-refractivity contribution in [1.29, 1.82) is 0 Å². The van der Waals surface area contributed by atoms with Crippen LogP contribution in [0, 0.1) is 13.8 Å². The SMILES string of the molecule is COc1ccc(NC(=O)C(=O)c2c(C)nn(-c3cccc(C(F)(F)F)c3)c2C)cn1. The minimum absolute atomic E-state index is 0.0198. The number of methoxy groups -OCH3 is 1. The van der Waals surface area contributed by atoms with E-state index in [1.807, 2.05) is 0 Å². The van der Waals surface area contributed by atoms with Gasteiger partial charge in [0.25, 0.3) is 11.7 Å². The van der Waals surface area contributed by atoms with Gasteiger partial charge in [-0.1, -0.05) is 6.07 Å². The maximum absolute atomic E-state index is 13.0. The largest absolute Gasteiger partial charge is 0.481 e. The summed E-state index contributed by atoms with van der Waals surface area (Å²) in [6, 6.07) is 7.59. The fourth-order valence-corrected chi connectivity index (χ4v) is 2.91. The minimum atomic E-state index is -4.52. The summed E-state index contributed by atoms with van der Waals surface area (Å²) in [4.78, 5) is 29.0. The van der Waals surface area contributed by atoms with Gasteiger partial charge < -0.3 is 10.1 Å². The predicted octanol–water partition coefficient (Wildman–Crippen LogP) is 3.73. The van der Waals surface area contributed by atoms with Crippen LogP contribution in [0.15, 0.2) is 42.6 Å². The number of benzene rings is 1. The molecule has 2 heterocycles. The normalized spacial score (nSPS) is 11.3. The van der Waals surface area contributed by atoms with E-state index in [4.69, 9.17) is 4.74 Å². The molecular formula is C20H17F3N4O3. The third-order valence-corrected chi connectivity index (χ3v) is 4.35. The smallest absolute Gasteiger partial charge is 0.416 e. The Morgan fingerprint density at radius 2 is 1.87 bits per heavy atom. The Hall–Kier alpha value is -3.69. The maximum Gasteiger partial charge on any atom is 0.416 e. The number of nitrogens with zero attached hydrogens (tertiary/aromatic N) is 3. The molecule has 0 atom stereocenters. The standard InChI is InChI=1S/C20H17F3N4O3/c1-11-17(18(28)19(29)25-14-7-8-16(30-3)24-10-14)12(2)27(26-11)15-6-4-5-13(9-15)20(21,22)23/h4-10H,1-3H3,(H,25,29). The van der Waals surface area contributed by atoms with E-state index in [9.17, 15) is 22.8 Å². The van der Waals surface area contributed by atoms with Crippen molar-refractivity contribution in [3.63, 3.8) is 0 Å². The first-order valence-corrected chi connectivity index (χ1v) is 8.71. The Kier molecular flexibility index (Phi) is 5.59. The molecule has 0 unspecified atom stereocenters. The van der Waals surface area contributed by atoms with Crippen LogP contribution < -0.4 is 10.1 Å². The molecule has 0 bridgehead atoms. The first-order valence-electron chi connectivity index (χ1n) is 8.71. The van der Waals surface area contributed by atoms with Gasteiger partial charge in [-0.05, 0) is 38.1 Å². The second kappa shape index (κ2) is 7.97. The van der Waals surface area contributed by atoms with Gasteiger partial charge in [0, 0.05) is 6.07 Å². The van der Waals surface area contributed by atoms with Crippen LogP contribution in [-0.2, 0) is 11.0 Å². The van der Waals surface area contributed by atoms with E-state index in [2.05, 4.69) is 15.4 Å². The number of amides is 1. The molecule has 0 aliphatic carbocycles. The van der Waals surface area contributed by atoms with Crippen molar-refractivity contribution in [2.75, 3.05) is 12.4 Å². The molecule has 3 aromatic rings. The van der Waals surface area contributed by atoms with Crippen molar-refractivity contribution in [2.45, 2.75) is 20.0 Å². The number of Topliss-reactive ketones (excluding diaryl/α,β-unsaturated/α-hetero) is 1. The van der Waals surface area contributed by atoms with E-state index >= 15 is 0 Å². The molecule has 1 aromatic carbocycles. The van der Waals surface area contributed by atoms with Gasteiger partial charge in [-0.3, -0.25) is 9.59 Å². The number of rotatable bonds is 5. The van der Waals surface area contributed by atoms with E-state index in [1.165, 1.54) is 56.1 Å². The topological polar surface area (TPSA) is 86.1 Å². The highest BCUT2D eigenvalue weighted by atomic mass is 19.4. The first-order chi connectivity index (χ1) is 14.1. The summed E-state index contributed by atoms with van der Waals surface area (Å²) in [5.41, 5.74) is 0.0632. The van der Waals surface area contributed by atoms with Gasteiger partial charge in [0.15, 0.2) is 0 Å². The number of anilines is 1. The molecule has 156 valence electrons. The molecule has 0 fully saturated rings. The van der Waals surface area contributed by atoms with Crippen molar-refractivity contribution in [3.8, 4) is 11.6 Å². The highest BCUT2D eigenvalue weighted by Crippen LogP contribution is 2.31. The summed E-state index contributed by atoms with van der Waals surface area (Å²) in [6.07, 6.45) is -3.19. The van der Waals surface area contributed by atoms with E-state index in [0.29, 0.717) is 5.88 Å². The monoisotopic (exact) mass is 418 g/mol. The van der Waals surface area contributed by atoms with Gasteiger partial charge >= 0.3 is 6.18 Å². The second-order valence-electron chi connectivity index (χ2n) is 6.38. The highest BCUT2D eigenvalue weighted by Gasteiger charge is 2.31. The molecule has 30 heavy (non-hydrogen) atoms. The number of aryl methyl sites for hydroxylation is 1. The summed E-state index contributed by atoms with van der Waals surface area (Å²) < 4.78 is 45.2. The Morgan fingerprint density at radius 3 is 2.47 bits per heavy atom. The molecule has 2 aromatic heterocycles. The Bertz CT molecular complexity index is 1110. The van der Waals surface area contributed by atoms with Crippen molar-refractivity contribution in [2.24, 2.45) is 0 Å². The molecule has 7 nitrogen and oxygen atoms in total. The number of nitrogens with one attached hydrogen (secondary N) is 1.